The molecule has 0 saturated heterocycles. The molecule has 0 radical (unpaired) electrons. The smallest absolute Gasteiger partial charge is 0.154 e. The highest BCUT2D eigenvalue weighted by Crippen LogP contribution is 2.21. The fourth-order valence-electron chi connectivity index (χ4n) is 1.44. The largest absolute Gasteiger partial charge is 0.394 e. The lowest BCUT2D eigenvalue weighted by Crippen LogP contribution is -2.30. The van der Waals surface area contributed by atoms with Crippen LogP contribution in [0.4, 0.5) is 11.5 Å². The number of rotatable bonds is 2. The second-order valence-corrected chi connectivity index (χ2v) is 4.72. The zero-order valence-electron chi connectivity index (χ0n) is 9.28. The highest BCUT2D eigenvalue weighted by Gasteiger charge is 2.15. The first-order chi connectivity index (χ1) is 6.40. The molecule has 1 aromatic heterocycles. The summed E-state index contributed by atoms with van der Waals surface area (Å²) in [5.41, 5.74) is 6.63. The Balaban J connectivity index is 2.80. The zero-order valence-corrected chi connectivity index (χ0v) is 9.28. The maximum Gasteiger partial charge on any atom is 0.154 e. The van der Waals surface area contributed by atoms with Crippen LogP contribution in [0.2, 0.25) is 0 Å². The molecule has 0 aliphatic heterocycles. The molecule has 0 unspecified atom stereocenters. The standard InChI is InChI=1S/C10H18N4/c1-10(2,3)6-14(4)9-8(11)5-12-7-13-9/h5,7H,6,11H2,1-4H3. The molecule has 4 heteroatoms. The van der Waals surface area contributed by atoms with Crippen molar-refractivity contribution in [2.45, 2.75) is 20.8 Å². The Bertz CT molecular complexity index is 303. The third-order valence-corrected chi connectivity index (χ3v) is 1.79. The van der Waals surface area contributed by atoms with Gasteiger partial charge < -0.3 is 10.6 Å². The van der Waals surface area contributed by atoms with Gasteiger partial charge in [0.25, 0.3) is 0 Å². The minimum atomic E-state index is 0.228. The molecular weight excluding hydrogens is 176 g/mol. The molecule has 2 N–H and O–H groups in total. The zero-order chi connectivity index (χ0) is 10.8. The fourth-order valence-corrected chi connectivity index (χ4v) is 1.44. The van der Waals surface area contributed by atoms with Crippen molar-refractivity contribution < 1.29 is 0 Å². The van der Waals surface area contributed by atoms with Crippen molar-refractivity contribution in [1.29, 1.82) is 0 Å². The Morgan fingerprint density at radius 3 is 2.57 bits per heavy atom. The van der Waals surface area contributed by atoms with Crippen molar-refractivity contribution in [2.24, 2.45) is 5.41 Å². The number of nitrogens with zero attached hydrogens (tertiary/aromatic N) is 3. The second kappa shape index (κ2) is 3.82. The summed E-state index contributed by atoms with van der Waals surface area (Å²) < 4.78 is 0. The highest BCUT2D eigenvalue weighted by molar-refractivity contribution is 5.60. The minimum Gasteiger partial charge on any atom is -0.394 e. The number of hydrogen-bond donors (Lipinski definition) is 1. The fraction of sp³-hybridized carbons (Fsp3) is 0.600. The third kappa shape index (κ3) is 2.87. The lowest BCUT2D eigenvalue weighted by Gasteiger charge is -2.27. The van der Waals surface area contributed by atoms with Crippen LogP contribution in [-0.2, 0) is 0 Å². The molecule has 14 heavy (non-hydrogen) atoms. The predicted molar refractivity (Wildman–Crippen MR) is 59.2 cm³/mol. The number of aromatic nitrogens is 2. The number of anilines is 2. The van der Waals surface area contributed by atoms with E-state index in [9.17, 15) is 0 Å². The average molecular weight is 194 g/mol. The van der Waals surface area contributed by atoms with Crippen molar-refractivity contribution >= 4 is 11.5 Å². The summed E-state index contributed by atoms with van der Waals surface area (Å²) in [6.07, 6.45) is 3.15. The molecule has 0 saturated carbocycles. The van der Waals surface area contributed by atoms with Crippen LogP contribution >= 0.6 is 0 Å². The topological polar surface area (TPSA) is 55.0 Å². The van der Waals surface area contributed by atoms with E-state index >= 15 is 0 Å². The van der Waals surface area contributed by atoms with Crippen LogP contribution in [0.5, 0.6) is 0 Å². The minimum absolute atomic E-state index is 0.228. The van der Waals surface area contributed by atoms with E-state index in [4.69, 9.17) is 5.73 Å². The van der Waals surface area contributed by atoms with Gasteiger partial charge in [0.05, 0.1) is 11.9 Å². The van der Waals surface area contributed by atoms with E-state index in [2.05, 4.69) is 35.6 Å². The van der Waals surface area contributed by atoms with Gasteiger partial charge in [-0.05, 0) is 5.41 Å². The predicted octanol–water partition coefficient (Wildman–Crippen LogP) is 1.54. The molecule has 0 amide bonds. The summed E-state index contributed by atoms with van der Waals surface area (Å²) >= 11 is 0. The molecule has 4 nitrogen and oxygen atoms in total. The Morgan fingerprint density at radius 2 is 2.07 bits per heavy atom. The van der Waals surface area contributed by atoms with E-state index < -0.39 is 0 Å². The number of nitrogens with two attached hydrogens (primary N) is 1. The summed E-state index contributed by atoms with van der Waals surface area (Å²) in [4.78, 5) is 10.1. The molecule has 78 valence electrons. The summed E-state index contributed by atoms with van der Waals surface area (Å²) in [6, 6.07) is 0. The Labute approximate surface area is 85.2 Å². The highest BCUT2D eigenvalue weighted by atomic mass is 15.2. The van der Waals surface area contributed by atoms with Gasteiger partial charge in [-0.3, -0.25) is 0 Å². The van der Waals surface area contributed by atoms with Gasteiger partial charge in [0.1, 0.15) is 6.33 Å². The normalized spacial score (nSPS) is 11.4. The molecule has 1 rings (SSSR count). The van der Waals surface area contributed by atoms with Gasteiger partial charge in [0.2, 0.25) is 0 Å². The molecule has 0 spiro atoms. The van der Waals surface area contributed by atoms with Gasteiger partial charge in [0, 0.05) is 13.6 Å². The molecule has 0 aromatic carbocycles. The molecule has 0 aliphatic rings. The molecule has 1 heterocycles. The Kier molecular flexibility index (Phi) is 2.93. The van der Waals surface area contributed by atoms with Crippen LogP contribution in [0.3, 0.4) is 0 Å². The monoisotopic (exact) mass is 194 g/mol. The van der Waals surface area contributed by atoms with Crippen LogP contribution in [0.15, 0.2) is 12.5 Å². The van der Waals surface area contributed by atoms with Crippen LogP contribution in [0.1, 0.15) is 20.8 Å². The van der Waals surface area contributed by atoms with E-state index in [1.165, 1.54) is 6.33 Å². The van der Waals surface area contributed by atoms with Crippen LogP contribution in [0, 0.1) is 5.41 Å². The summed E-state index contributed by atoms with van der Waals surface area (Å²) in [7, 11) is 1.99. The van der Waals surface area contributed by atoms with Crippen molar-refractivity contribution in [2.75, 3.05) is 24.2 Å². The number of hydrogen-bond acceptors (Lipinski definition) is 4. The van der Waals surface area contributed by atoms with Gasteiger partial charge in [-0.15, -0.1) is 0 Å². The second-order valence-electron chi connectivity index (χ2n) is 4.72. The van der Waals surface area contributed by atoms with Gasteiger partial charge in [-0.1, -0.05) is 20.8 Å². The summed E-state index contributed by atoms with van der Waals surface area (Å²) in [5, 5.41) is 0. The van der Waals surface area contributed by atoms with E-state index in [1.54, 1.807) is 6.20 Å². The first-order valence-corrected chi connectivity index (χ1v) is 4.67. The van der Waals surface area contributed by atoms with Gasteiger partial charge in [-0.25, -0.2) is 9.97 Å². The lowest BCUT2D eigenvalue weighted by molar-refractivity contribution is 0.418. The average Bonchev–Trinajstić information content (AvgIpc) is 2.01. The number of nitrogen functional groups attached to an aromatic ring is 1. The quantitative estimate of drug-likeness (QED) is 0.776. The SMILES string of the molecule is CN(CC(C)(C)C)c1ncncc1N. The van der Waals surface area contributed by atoms with Gasteiger partial charge in [-0.2, -0.15) is 0 Å². The van der Waals surface area contributed by atoms with Crippen molar-refractivity contribution in [1.82, 2.24) is 9.97 Å². The molecule has 0 fully saturated rings. The first kappa shape index (κ1) is 10.8. The summed E-state index contributed by atoms with van der Waals surface area (Å²) in [6.45, 7) is 7.46. The van der Waals surface area contributed by atoms with Crippen molar-refractivity contribution in [3.8, 4) is 0 Å². The Hall–Kier alpha value is -1.32. The van der Waals surface area contributed by atoms with Crippen molar-refractivity contribution in [3.05, 3.63) is 12.5 Å². The van der Waals surface area contributed by atoms with E-state index in [1.807, 2.05) is 7.05 Å². The molecule has 0 bridgehead atoms. The molecule has 0 aliphatic carbocycles. The van der Waals surface area contributed by atoms with Crippen molar-refractivity contribution in [3.63, 3.8) is 0 Å². The maximum atomic E-state index is 5.77. The van der Waals surface area contributed by atoms with E-state index in [0.29, 0.717) is 5.69 Å². The van der Waals surface area contributed by atoms with Crippen LogP contribution < -0.4 is 10.6 Å². The van der Waals surface area contributed by atoms with E-state index in [0.717, 1.165) is 12.4 Å². The van der Waals surface area contributed by atoms with Gasteiger partial charge >= 0.3 is 0 Å². The maximum absolute atomic E-state index is 5.77. The van der Waals surface area contributed by atoms with Crippen LogP contribution in [-0.4, -0.2) is 23.6 Å². The Morgan fingerprint density at radius 1 is 1.43 bits per heavy atom. The van der Waals surface area contributed by atoms with E-state index in [-0.39, 0.29) is 5.41 Å². The third-order valence-electron chi connectivity index (χ3n) is 1.79. The van der Waals surface area contributed by atoms with Crippen LogP contribution in [0.25, 0.3) is 0 Å². The summed E-state index contributed by atoms with van der Waals surface area (Å²) in [5.74, 6) is 0.801. The van der Waals surface area contributed by atoms with Gasteiger partial charge in [0.15, 0.2) is 5.82 Å². The molecule has 1 aromatic rings. The lowest BCUT2D eigenvalue weighted by atomic mass is 9.96. The molecular formula is C10H18N4. The first-order valence-electron chi connectivity index (χ1n) is 4.67. The molecule has 0 atom stereocenters.